The molecule has 0 saturated carbocycles. The number of esters is 1. The number of ether oxygens (including phenoxy) is 3. The van der Waals surface area contributed by atoms with E-state index in [9.17, 15) is 9.59 Å². The minimum Gasteiger partial charge on any atom is -0.486 e. The zero-order valence-corrected chi connectivity index (χ0v) is 23.4. The Morgan fingerprint density at radius 1 is 1.05 bits per heavy atom. The quantitative estimate of drug-likeness (QED) is 0.153. The van der Waals surface area contributed by atoms with E-state index >= 15 is 0 Å². The molecule has 5 rings (SSSR count). The van der Waals surface area contributed by atoms with Crippen LogP contribution in [0.3, 0.4) is 0 Å². The van der Waals surface area contributed by atoms with Gasteiger partial charge in [-0.15, -0.1) is 11.3 Å². The fourth-order valence-electron chi connectivity index (χ4n) is 4.20. The molecule has 1 amide bonds. The van der Waals surface area contributed by atoms with Crippen LogP contribution in [0.25, 0.3) is 22.4 Å². The molecule has 10 heteroatoms. The molecule has 8 nitrogen and oxygen atoms in total. The van der Waals surface area contributed by atoms with Crippen molar-refractivity contribution in [2.45, 2.75) is 30.5 Å². The van der Waals surface area contributed by atoms with Crippen LogP contribution in [0.5, 0.6) is 11.5 Å². The largest absolute Gasteiger partial charge is 0.486 e. The Labute approximate surface area is 234 Å². The van der Waals surface area contributed by atoms with E-state index in [1.54, 1.807) is 0 Å². The summed E-state index contributed by atoms with van der Waals surface area (Å²) in [5, 5.41) is 5.51. The molecule has 1 aliphatic heterocycles. The molecule has 1 unspecified atom stereocenters. The van der Waals surface area contributed by atoms with Gasteiger partial charge in [-0.3, -0.25) is 4.79 Å². The summed E-state index contributed by atoms with van der Waals surface area (Å²) >= 11 is 2.65. The van der Waals surface area contributed by atoms with Crippen molar-refractivity contribution in [3.63, 3.8) is 0 Å². The number of thiophene rings is 1. The molecule has 2 aromatic carbocycles. The van der Waals surface area contributed by atoms with E-state index in [2.05, 4.69) is 15.3 Å². The number of aryl methyl sites for hydroxylation is 1. The number of carbonyl (C=O) groups excluding carboxylic acids is 2. The third kappa shape index (κ3) is 5.91. The van der Waals surface area contributed by atoms with Crippen LogP contribution in [0.15, 0.2) is 65.0 Å². The highest BCUT2D eigenvalue weighted by Gasteiger charge is 2.26. The predicted molar refractivity (Wildman–Crippen MR) is 153 cm³/mol. The van der Waals surface area contributed by atoms with Gasteiger partial charge in [0.25, 0.3) is 0 Å². The molecule has 0 aliphatic carbocycles. The van der Waals surface area contributed by atoms with Crippen molar-refractivity contribution in [3.05, 3.63) is 71.4 Å². The Hall–Kier alpha value is -3.89. The topological polar surface area (TPSA) is 99.6 Å². The van der Waals surface area contributed by atoms with Gasteiger partial charge in [0.05, 0.1) is 18.1 Å². The Morgan fingerprint density at radius 3 is 2.56 bits per heavy atom. The number of benzene rings is 2. The van der Waals surface area contributed by atoms with Crippen molar-refractivity contribution >= 4 is 40.0 Å². The summed E-state index contributed by atoms with van der Waals surface area (Å²) in [5.74, 6) is 1.15. The van der Waals surface area contributed by atoms with Crippen molar-refractivity contribution in [3.8, 4) is 33.9 Å². The lowest BCUT2D eigenvalue weighted by Gasteiger charge is -2.19. The second-order valence-electron chi connectivity index (χ2n) is 8.71. The number of fused-ring (bicyclic) bond motifs is 1. The Morgan fingerprint density at radius 2 is 1.82 bits per heavy atom. The van der Waals surface area contributed by atoms with Crippen molar-refractivity contribution in [2.24, 2.45) is 0 Å². The molecule has 200 valence electrons. The minimum absolute atomic E-state index is 0.222. The van der Waals surface area contributed by atoms with Crippen LogP contribution in [0.1, 0.15) is 29.5 Å². The van der Waals surface area contributed by atoms with E-state index < -0.39 is 11.2 Å². The summed E-state index contributed by atoms with van der Waals surface area (Å²) in [5.41, 5.74) is 3.50. The lowest BCUT2D eigenvalue weighted by atomic mass is 10.0. The molecule has 1 atom stereocenters. The van der Waals surface area contributed by atoms with Crippen LogP contribution in [0.2, 0.25) is 0 Å². The number of nitrogens with zero attached hydrogens (tertiary/aromatic N) is 2. The van der Waals surface area contributed by atoms with Crippen molar-refractivity contribution in [1.29, 1.82) is 0 Å². The number of carbonyl (C=O) groups is 2. The van der Waals surface area contributed by atoms with Gasteiger partial charge >= 0.3 is 5.97 Å². The van der Waals surface area contributed by atoms with Gasteiger partial charge in [0.15, 0.2) is 11.5 Å². The number of methoxy groups -OCH3 is 1. The molecule has 0 saturated heterocycles. The fourth-order valence-corrected chi connectivity index (χ4v) is 6.14. The number of anilines is 1. The molecule has 0 radical (unpaired) electrons. The molecule has 3 heterocycles. The van der Waals surface area contributed by atoms with Gasteiger partial charge in [-0.05, 0) is 37.1 Å². The average Bonchev–Trinajstić information content (AvgIpc) is 3.38. The van der Waals surface area contributed by atoms with Gasteiger partial charge in [0, 0.05) is 16.5 Å². The summed E-state index contributed by atoms with van der Waals surface area (Å²) in [6.45, 7) is 4.73. The van der Waals surface area contributed by atoms with Crippen LogP contribution in [0.4, 0.5) is 5.00 Å². The first-order chi connectivity index (χ1) is 19.0. The van der Waals surface area contributed by atoms with E-state index in [0.717, 1.165) is 16.8 Å². The maximum absolute atomic E-state index is 13.4. The average molecular weight is 562 g/mol. The van der Waals surface area contributed by atoms with Gasteiger partial charge in [0.1, 0.15) is 34.6 Å². The van der Waals surface area contributed by atoms with E-state index in [1.165, 1.54) is 30.2 Å². The number of hydrogen-bond acceptors (Lipinski definition) is 9. The van der Waals surface area contributed by atoms with Gasteiger partial charge in [-0.25, -0.2) is 14.8 Å². The number of amides is 1. The summed E-state index contributed by atoms with van der Waals surface area (Å²) < 4.78 is 16.4. The molecular weight excluding hydrogens is 534 g/mol. The standard InChI is InChI=1S/C29H27N3O5S2/c1-4-24(39-25-15-21(30-17(2)31-25)18-8-6-5-7-9-18)27(33)32-28-26(29(34)35-3)20(16-38-28)19-10-11-22-23(14-19)37-13-12-36-22/h5-11,14-16,24H,4,12-13H2,1-3H3,(H,32,33). The first-order valence-electron chi connectivity index (χ1n) is 12.4. The molecule has 0 fully saturated rings. The van der Waals surface area contributed by atoms with E-state index in [0.29, 0.717) is 58.1 Å². The maximum atomic E-state index is 13.4. The number of rotatable bonds is 8. The maximum Gasteiger partial charge on any atom is 0.341 e. The fraction of sp³-hybridized carbons (Fsp3) is 0.241. The molecule has 1 N–H and O–H groups in total. The highest BCUT2D eigenvalue weighted by molar-refractivity contribution is 8.00. The third-order valence-electron chi connectivity index (χ3n) is 6.08. The molecule has 0 spiro atoms. The molecule has 1 aliphatic rings. The lowest BCUT2D eigenvalue weighted by molar-refractivity contribution is -0.115. The summed E-state index contributed by atoms with van der Waals surface area (Å²) in [6, 6.07) is 17.3. The van der Waals surface area contributed by atoms with Crippen LogP contribution >= 0.6 is 23.1 Å². The second-order valence-corrected chi connectivity index (χ2v) is 10.8. The van der Waals surface area contributed by atoms with Crippen LogP contribution in [0, 0.1) is 6.92 Å². The first-order valence-corrected chi connectivity index (χ1v) is 14.2. The normalized spacial score (nSPS) is 13.0. The van der Waals surface area contributed by atoms with Gasteiger partial charge < -0.3 is 19.5 Å². The SMILES string of the molecule is CCC(Sc1cc(-c2ccccc2)nc(C)n1)C(=O)Nc1scc(-c2ccc3c(c2)OCCO3)c1C(=O)OC. The van der Waals surface area contributed by atoms with Crippen molar-refractivity contribution < 1.29 is 23.8 Å². The van der Waals surface area contributed by atoms with E-state index in [4.69, 9.17) is 14.2 Å². The van der Waals surface area contributed by atoms with Crippen molar-refractivity contribution in [2.75, 3.05) is 25.6 Å². The zero-order valence-electron chi connectivity index (χ0n) is 21.7. The smallest absolute Gasteiger partial charge is 0.341 e. The number of thioether (sulfide) groups is 1. The number of nitrogens with one attached hydrogen (secondary N) is 1. The monoisotopic (exact) mass is 561 g/mol. The zero-order chi connectivity index (χ0) is 27.4. The summed E-state index contributed by atoms with van der Waals surface area (Å²) in [6.07, 6.45) is 0.564. The van der Waals surface area contributed by atoms with Crippen molar-refractivity contribution in [1.82, 2.24) is 9.97 Å². The lowest BCUT2D eigenvalue weighted by Crippen LogP contribution is -2.25. The highest BCUT2D eigenvalue weighted by atomic mass is 32.2. The summed E-state index contributed by atoms with van der Waals surface area (Å²) in [7, 11) is 1.33. The molecule has 0 bridgehead atoms. The van der Waals surface area contributed by atoms with Crippen LogP contribution < -0.4 is 14.8 Å². The second kappa shape index (κ2) is 11.9. The molecular formula is C29H27N3O5S2. The number of aromatic nitrogens is 2. The predicted octanol–water partition coefficient (Wildman–Crippen LogP) is 6.25. The minimum atomic E-state index is -0.531. The van der Waals surface area contributed by atoms with E-state index in [1.807, 2.05) is 73.8 Å². The van der Waals surface area contributed by atoms with Crippen LogP contribution in [-0.4, -0.2) is 47.4 Å². The molecule has 39 heavy (non-hydrogen) atoms. The van der Waals surface area contributed by atoms with Gasteiger partial charge in [-0.2, -0.15) is 0 Å². The summed E-state index contributed by atoms with van der Waals surface area (Å²) in [4.78, 5) is 35.4. The third-order valence-corrected chi connectivity index (χ3v) is 8.26. The Balaban J connectivity index is 1.39. The molecule has 2 aromatic heterocycles. The van der Waals surface area contributed by atoms with Gasteiger partial charge in [0.2, 0.25) is 5.91 Å². The van der Waals surface area contributed by atoms with Gasteiger partial charge in [-0.1, -0.05) is 55.1 Å². The van der Waals surface area contributed by atoms with Crippen LogP contribution in [-0.2, 0) is 9.53 Å². The van der Waals surface area contributed by atoms with E-state index in [-0.39, 0.29) is 5.91 Å². The highest BCUT2D eigenvalue weighted by Crippen LogP contribution is 2.41. The Kier molecular flexibility index (Phi) is 8.13. The number of hydrogen-bond donors (Lipinski definition) is 1. The Bertz CT molecular complexity index is 1510. The first kappa shape index (κ1) is 26.7. The molecule has 4 aromatic rings.